The molecule has 0 saturated carbocycles. The van der Waals surface area contributed by atoms with Crippen molar-refractivity contribution >= 4 is 23.2 Å². The second kappa shape index (κ2) is 8.15. The summed E-state index contributed by atoms with van der Waals surface area (Å²) in [5, 5.41) is 0.0702. The maximum absolute atomic E-state index is 12.4. The van der Waals surface area contributed by atoms with Crippen LogP contribution in [-0.4, -0.2) is 21.0 Å². The molecule has 7 nitrogen and oxygen atoms in total. The van der Waals surface area contributed by atoms with E-state index >= 15 is 0 Å². The number of nitrogens with two attached hydrogens (primary N) is 1. The molecule has 2 aromatic carbocycles. The Morgan fingerprint density at radius 1 is 0.846 bits per heavy atom. The van der Waals surface area contributed by atoms with E-state index in [0.29, 0.717) is 11.4 Å². The second-order valence-electron chi connectivity index (χ2n) is 5.25. The molecule has 1 heterocycles. The maximum Gasteiger partial charge on any atom is 0.307 e. The minimum Gasteiger partial charge on any atom is -0.300 e. The monoisotopic (exact) mass is 364 g/mol. The van der Waals surface area contributed by atoms with Crippen molar-refractivity contribution in [2.75, 3.05) is 0 Å². The highest BCUT2D eigenvalue weighted by atomic mass is 32.1. The quantitative estimate of drug-likeness (QED) is 0.319. The molecule has 0 unspecified atom stereocenters. The van der Waals surface area contributed by atoms with Crippen LogP contribution in [0.4, 0.5) is 0 Å². The highest BCUT2D eigenvalue weighted by Gasteiger charge is 2.14. The minimum absolute atomic E-state index is 0.0116. The van der Waals surface area contributed by atoms with Crippen molar-refractivity contribution in [3.8, 4) is 22.5 Å². The number of nitrogens with one attached hydrogen (secondary N) is 3. The molecular formula is C18H16N6OS. The number of amides is 1. The van der Waals surface area contributed by atoms with Gasteiger partial charge in [-0.25, -0.2) is 15.8 Å². The lowest BCUT2D eigenvalue weighted by Crippen LogP contribution is -2.49. The summed E-state index contributed by atoms with van der Waals surface area (Å²) in [7, 11) is 0. The van der Waals surface area contributed by atoms with Gasteiger partial charge in [0.2, 0.25) is 5.82 Å². The molecule has 0 atom stereocenters. The summed E-state index contributed by atoms with van der Waals surface area (Å²) in [4.78, 5) is 21.2. The Bertz CT molecular complexity index is 860. The van der Waals surface area contributed by atoms with Gasteiger partial charge in [0.25, 0.3) is 0 Å². The van der Waals surface area contributed by atoms with Crippen LogP contribution in [0.1, 0.15) is 10.6 Å². The molecule has 0 spiro atoms. The van der Waals surface area contributed by atoms with Gasteiger partial charge in [-0.15, -0.1) is 0 Å². The van der Waals surface area contributed by atoms with Crippen LogP contribution < -0.4 is 22.1 Å². The van der Waals surface area contributed by atoms with E-state index in [-0.39, 0.29) is 10.9 Å². The standard InChI is InChI=1S/C18H16N6OS/c19-22-18(26)24-23-17(25)16-20-14(12-7-3-1-4-8-12)11-15(21-16)13-9-5-2-6-10-13/h1-11H,19H2,(H,23,25)(H2,22,24,26). The summed E-state index contributed by atoms with van der Waals surface area (Å²) in [6.45, 7) is 0. The molecular weight excluding hydrogens is 348 g/mol. The van der Waals surface area contributed by atoms with Crippen LogP contribution in [0.3, 0.4) is 0 Å². The third-order valence-corrected chi connectivity index (χ3v) is 3.71. The van der Waals surface area contributed by atoms with Crippen molar-refractivity contribution in [3.05, 3.63) is 72.6 Å². The van der Waals surface area contributed by atoms with Crippen LogP contribution in [0.2, 0.25) is 0 Å². The number of nitrogens with zero attached hydrogens (tertiary/aromatic N) is 2. The predicted octanol–water partition coefficient (Wildman–Crippen LogP) is 1.79. The Labute approximate surface area is 155 Å². The summed E-state index contributed by atoms with van der Waals surface area (Å²) in [6, 6.07) is 21.0. The van der Waals surface area contributed by atoms with E-state index < -0.39 is 5.91 Å². The molecule has 0 aliphatic heterocycles. The van der Waals surface area contributed by atoms with Crippen LogP contribution >= 0.6 is 12.2 Å². The molecule has 1 amide bonds. The van der Waals surface area contributed by atoms with Gasteiger partial charge in [-0.3, -0.25) is 21.1 Å². The molecule has 0 aliphatic carbocycles. The predicted molar refractivity (Wildman–Crippen MR) is 103 cm³/mol. The van der Waals surface area contributed by atoms with E-state index in [4.69, 9.17) is 18.1 Å². The van der Waals surface area contributed by atoms with E-state index in [2.05, 4.69) is 26.2 Å². The van der Waals surface area contributed by atoms with Crippen LogP contribution in [0, 0.1) is 0 Å². The smallest absolute Gasteiger partial charge is 0.300 e. The Hall–Kier alpha value is -3.36. The molecule has 0 fully saturated rings. The van der Waals surface area contributed by atoms with Crippen LogP contribution in [0.5, 0.6) is 0 Å². The SMILES string of the molecule is NNC(=S)NNC(=O)c1nc(-c2ccccc2)cc(-c2ccccc2)n1. The number of thiocarbonyl (C=S) groups is 1. The van der Waals surface area contributed by atoms with Crippen molar-refractivity contribution in [1.82, 2.24) is 26.2 Å². The molecule has 1 aromatic heterocycles. The molecule has 0 saturated heterocycles. The van der Waals surface area contributed by atoms with Gasteiger partial charge in [-0.2, -0.15) is 0 Å². The molecule has 8 heteroatoms. The molecule has 26 heavy (non-hydrogen) atoms. The van der Waals surface area contributed by atoms with Gasteiger partial charge in [0.05, 0.1) is 11.4 Å². The first-order chi connectivity index (χ1) is 12.7. The Balaban J connectivity index is 2.01. The lowest BCUT2D eigenvalue weighted by Gasteiger charge is -2.10. The van der Waals surface area contributed by atoms with Gasteiger partial charge in [0.15, 0.2) is 5.11 Å². The molecule has 0 aliphatic rings. The molecule has 3 rings (SSSR count). The van der Waals surface area contributed by atoms with Crippen molar-refractivity contribution in [1.29, 1.82) is 0 Å². The number of hydrogen-bond donors (Lipinski definition) is 4. The average Bonchev–Trinajstić information content (AvgIpc) is 2.72. The van der Waals surface area contributed by atoms with Crippen molar-refractivity contribution in [3.63, 3.8) is 0 Å². The van der Waals surface area contributed by atoms with Gasteiger partial charge in [0, 0.05) is 11.1 Å². The number of carbonyl (C=O) groups excluding carboxylic acids is 1. The van der Waals surface area contributed by atoms with Gasteiger partial charge in [0.1, 0.15) is 0 Å². The zero-order valence-corrected chi connectivity index (χ0v) is 14.5. The highest BCUT2D eigenvalue weighted by Crippen LogP contribution is 2.23. The van der Waals surface area contributed by atoms with Gasteiger partial charge >= 0.3 is 5.91 Å². The number of rotatable bonds is 3. The fraction of sp³-hybridized carbons (Fsp3) is 0. The minimum atomic E-state index is -0.530. The summed E-state index contributed by atoms with van der Waals surface area (Å²) in [5.74, 6) is 4.64. The first kappa shape index (κ1) is 17.5. The lowest BCUT2D eigenvalue weighted by molar-refractivity contribution is 0.0933. The first-order valence-corrected chi connectivity index (χ1v) is 8.15. The highest BCUT2D eigenvalue weighted by molar-refractivity contribution is 7.80. The van der Waals surface area contributed by atoms with Crippen molar-refractivity contribution in [2.24, 2.45) is 5.84 Å². The van der Waals surface area contributed by atoms with Crippen LogP contribution in [0.25, 0.3) is 22.5 Å². The molecule has 0 bridgehead atoms. The van der Waals surface area contributed by atoms with Gasteiger partial charge in [-0.05, 0) is 18.3 Å². The molecule has 130 valence electrons. The lowest BCUT2D eigenvalue weighted by atomic mass is 10.1. The Morgan fingerprint density at radius 3 is 1.81 bits per heavy atom. The summed E-state index contributed by atoms with van der Waals surface area (Å²) >= 11 is 4.83. The Kier molecular flexibility index (Phi) is 5.47. The number of carbonyl (C=O) groups is 1. The summed E-state index contributed by atoms with van der Waals surface area (Å²) in [5.41, 5.74) is 10.1. The van der Waals surface area contributed by atoms with E-state index in [0.717, 1.165) is 11.1 Å². The topological polar surface area (TPSA) is 105 Å². The van der Waals surface area contributed by atoms with E-state index in [9.17, 15) is 4.79 Å². The maximum atomic E-state index is 12.4. The average molecular weight is 364 g/mol. The van der Waals surface area contributed by atoms with Crippen molar-refractivity contribution < 1.29 is 4.79 Å². The summed E-state index contributed by atoms with van der Waals surface area (Å²) in [6.07, 6.45) is 0. The fourth-order valence-corrected chi connectivity index (χ4v) is 2.32. The molecule has 5 N–H and O–H groups in total. The largest absolute Gasteiger partial charge is 0.307 e. The normalized spacial score (nSPS) is 10.0. The molecule has 0 radical (unpaired) electrons. The second-order valence-corrected chi connectivity index (χ2v) is 5.65. The fourth-order valence-electron chi connectivity index (χ4n) is 2.27. The van der Waals surface area contributed by atoms with Crippen LogP contribution in [-0.2, 0) is 0 Å². The van der Waals surface area contributed by atoms with E-state index in [1.165, 1.54) is 0 Å². The van der Waals surface area contributed by atoms with Gasteiger partial charge in [-0.1, -0.05) is 60.7 Å². The number of hydrazine groups is 2. The first-order valence-electron chi connectivity index (χ1n) is 7.74. The number of benzene rings is 2. The zero-order chi connectivity index (χ0) is 18.4. The third kappa shape index (κ3) is 4.18. The van der Waals surface area contributed by atoms with Crippen LogP contribution in [0.15, 0.2) is 66.7 Å². The summed E-state index contributed by atoms with van der Waals surface area (Å²) < 4.78 is 0. The molecule has 3 aromatic rings. The zero-order valence-electron chi connectivity index (χ0n) is 13.6. The van der Waals surface area contributed by atoms with Gasteiger partial charge < -0.3 is 0 Å². The number of aromatic nitrogens is 2. The van der Waals surface area contributed by atoms with Crippen molar-refractivity contribution in [2.45, 2.75) is 0 Å². The third-order valence-electron chi connectivity index (χ3n) is 3.49. The van der Waals surface area contributed by atoms with E-state index in [1.54, 1.807) is 0 Å². The van der Waals surface area contributed by atoms with E-state index in [1.807, 2.05) is 66.7 Å². The number of hydrogen-bond acceptors (Lipinski definition) is 5. The Morgan fingerprint density at radius 2 is 1.35 bits per heavy atom.